The van der Waals surface area contributed by atoms with Crippen LogP contribution in [0.25, 0.3) is 0 Å². The normalized spacial score (nSPS) is 20.3. The number of hydrogen-bond acceptors (Lipinski definition) is 5. The van der Waals surface area contributed by atoms with E-state index in [4.69, 9.17) is 9.73 Å². The molecule has 1 aromatic carbocycles. The van der Waals surface area contributed by atoms with E-state index >= 15 is 0 Å². The number of nitrogens with zero attached hydrogens (tertiary/aromatic N) is 4. The highest BCUT2D eigenvalue weighted by Crippen LogP contribution is 2.23. The zero-order chi connectivity index (χ0) is 22.2. The monoisotopic (exact) mass is 446 g/mol. The van der Waals surface area contributed by atoms with E-state index in [1.807, 2.05) is 49.7 Å². The maximum absolute atomic E-state index is 12.3. The van der Waals surface area contributed by atoms with Crippen LogP contribution in [0.15, 0.2) is 29.3 Å². The molecule has 9 heteroatoms. The van der Waals surface area contributed by atoms with Gasteiger partial charge in [0.15, 0.2) is 11.8 Å². The van der Waals surface area contributed by atoms with Crippen LogP contribution >= 0.6 is 0 Å². The predicted molar refractivity (Wildman–Crippen MR) is 125 cm³/mol. The van der Waals surface area contributed by atoms with Crippen molar-refractivity contribution in [3.63, 3.8) is 0 Å². The molecule has 3 rings (SSSR count). The molecule has 0 amide bonds. The molecule has 1 heterocycles. The van der Waals surface area contributed by atoms with Gasteiger partial charge in [-0.05, 0) is 43.9 Å². The number of guanidine groups is 1. The standard InChI is InChI=1S/C22H34N6O2S/c1-5-31(29)20-8-6-7-18(13-20)25-22(24-15-21-27-26-16(2)28(21)3)23-14-17-9-11-19(30-4)12-10-17/h9-12,18,20H,5-8,13-15H2,1-4H3,(H2,23,24,25). The summed E-state index contributed by atoms with van der Waals surface area (Å²) in [5.74, 6) is 4.02. The van der Waals surface area contributed by atoms with Gasteiger partial charge in [0.1, 0.15) is 11.6 Å². The Balaban J connectivity index is 1.69. The molecule has 0 bridgehead atoms. The summed E-state index contributed by atoms with van der Waals surface area (Å²) in [5, 5.41) is 15.6. The van der Waals surface area contributed by atoms with Crippen LogP contribution in [0.1, 0.15) is 49.8 Å². The minimum atomic E-state index is -0.753. The Morgan fingerprint density at radius 3 is 2.71 bits per heavy atom. The van der Waals surface area contributed by atoms with Gasteiger partial charge in [-0.1, -0.05) is 25.5 Å². The molecule has 3 unspecified atom stereocenters. The molecule has 1 aliphatic carbocycles. The van der Waals surface area contributed by atoms with Gasteiger partial charge < -0.3 is 19.9 Å². The van der Waals surface area contributed by atoms with Crippen LogP contribution in [0.5, 0.6) is 5.75 Å². The van der Waals surface area contributed by atoms with Crippen LogP contribution in [-0.2, 0) is 30.9 Å². The number of aryl methyl sites for hydroxylation is 1. The molecule has 170 valence electrons. The van der Waals surface area contributed by atoms with E-state index in [9.17, 15) is 4.21 Å². The largest absolute Gasteiger partial charge is 0.497 e. The van der Waals surface area contributed by atoms with E-state index in [1.165, 1.54) is 0 Å². The predicted octanol–water partition coefficient (Wildman–Crippen LogP) is 2.45. The van der Waals surface area contributed by atoms with Gasteiger partial charge in [-0.25, -0.2) is 4.99 Å². The molecule has 8 nitrogen and oxygen atoms in total. The van der Waals surface area contributed by atoms with Crippen molar-refractivity contribution < 1.29 is 8.95 Å². The van der Waals surface area contributed by atoms with Gasteiger partial charge in [0, 0.05) is 34.9 Å². The van der Waals surface area contributed by atoms with Crippen molar-refractivity contribution in [2.75, 3.05) is 12.9 Å². The van der Waals surface area contributed by atoms with Gasteiger partial charge >= 0.3 is 0 Å². The average Bonchev–Trinajstić information content (AvgIpc) is 3.13. The van der Waals surface area contributed by atoms with E-state index in [-0.39, 0.29) is 11.3 Å². The number of methoxy groups -OCH3 is 1. The summed E-state index contributed by atoms with van der Waals surface area (Å²) in [4.78, 5) is 4.81. The summed E-state index contributed by atoms with van der Waals surface area (Å²) in [5.41, 5.74) is 1.10. The second kappa shape index (κ2) is 11.3. The average molecular weight is 447 g/mol. The Morgan fingerprint density at radius 1 is 1.29 bits per heavy atom. The Labute approximate surface area is 187 Å². The number of nitrogens with one attached hydrogen (secondary N) is 2. The number of rotatable bonds is 8. The van der Waals surface area contributed by atoms with Crippen LogP contribution in [0.2, 0.25) is 0 Å². The first-order valence-electron chi connectivity index (χ1n) is 10.9. The second-order valence-corrected chi connectivity index (χ2v) is 9.89. The molecule has 1 aliphatic rings. The van der Waals surface area contributed by atoms with Crippen molar-refractivity contribution in [2.24, 2.45) is 12.0 Å². The first-order chi connectivity index (χ1) is 15.0. The fourth-order valence-corrected chi connectivity index (χ4v) is 5.11. The lowest BCUT2D eigenvalue weighted by molar-refractivity contribution is 0.413. The first kappa shape index (κ1) is 23.2. The maximum atomic E-state index is 12.3. The van der Waals surface area contributed by atoms with Crippen molar-refractivity contribution >= 4 is 16.8 Å². The highest BCUT2D eigenvalue weighted by Gasteiger charge is 2.26. The van der Waals surface area contributed by atoms with Crippen molar-refractivity contribution in [2.45, 2.75) is 63.9 Å². The molecule has 0 radical (unpaired) electrons. The lowest BCUT2D eigenvalue weighted by atomic mass is 9.95. The molecule has 0 aliphatic heterocycles. The Morgan fingerprint density at radius 2 is 2.06 bits per heavy atom. The lowest BCUT2D eigenvalue weighted by Gasteiger charge is -2.30. The van der Waals surface area contributed by atoms with Crippen LogP contribution in [0, 0.1) is 6.92 Å². The van der Waals surface area contributed by atoms with Gasteiger partial charge in [-0.2, -0.15) is 0 Å². The summed E-state index contributed by atoms with van der Waals surface area (Å²) < 4.78 is 19.5. The number of ether oxygens (including phenoxy) is 1. The fraction of sp³-hybridized carbons (Fsp3) is 0.591. The van der Waals surface area contributed by atoms with Crippen molar-refractivity contribution in [3.8, 4) is 5.75 Å². The van der Waals surface area contributed by atoms with E-state index in [0.717, 1.165) is 60.4 Å². The minimum Gasteiger partial charge on any atom is -0.497 e. The van der Waals surface area contributed by atoms with E-state index in [2.05, 4.69) is 20.8 Å². The summed E-state index contributed by atoms with van der Waals surface area (Å²) in [6.07, 6.45) is 4.10. The number of aromatic nitrogens is 3. The van der Waals surface area contributed by atoms with Gasteiger partial charge in [0.05, 0.1) is 20.2 Å². The molecule has 2 aromatic rings. The molecular weight excluding hydrogens is 412 g/mol. The van der Waals surface area contributed by atoms with E-state index < -0.39 is 10.8 Å². The van der Waals surface area contributed by atoms with Crippen LogP contribution in [0.3, 0.4) is 0 Å². The van der Waals surface area contributed by atoms with Crippen LogP contribution in [-0.4, -0.2) is 49.1 Å². The fourth-order valence-electron chi connectivity index (χ4n) is 3.77. The van der Waals surface area contributed by atoms with Crippen LogP contribution in [0.4, 0.5) is 0 Å². The topological polar surface area (TPSA) is 93.4 Å². The summed E-state index contributed by atoms with van der Waals surface area (Å²) in [7, 11) is 2.87. The summed E-state index contributed by atoms with van der Waals surface area (Å²) in [6, 6.07) is 8.19. The van der Waals surface area contributed by atoms with Crippen molar-refractivity contribution in [1.29, 1.82) is 0 Å². The minimum absolute atomic E-state index is 0.262. The number of hydrogen-bond donors (Lipinski definition) is 2. The zero-order valence-corrected chi connectivity index (χ0v) is 19.7. The van der Waals surface area contributed by atoms with Gasteiger partial charge in [0.2, 0.25) is 0 Å². The Bertz CT molecular complexity index is 896. The van der Waals surface area contributed by atoms with Gasteiger partial charge in [-0.3, -0.25) is 4.21 Å². The number of benzene rings is 1. The molecule has 3 atom stereocenters. The maximum Gasteiger partial charge on any atom is 0.192 e. The third-order valence-electron chi connectivity index (χ3n) is 5.80. The second-order valence-electron chi connectivity index (χ2n) is 7.89. The quantitative estimate of drug-likeness (QED) is 0.478. The molecule has 1 saturated carbocycles. The highest BCUT2D eigenvalue weighted by molar-refractivity contribution is 7.85. The molecule has 31 heavy (non-hydrogen) atoms. The highest BCUT2D eigenvalue weighted by atomic mass is 32.2. The van der Waals surface area contributed by atoms with Crippen molar-refractivity contribution in [3.05, 3.63) is 41.5 Å². The summed E-state index contributed by atoms with van der Waals surface area (Å²) >= 11 is 0. The lowest BCUT2D eigenvalue weighted by Crippen LogP contribution is -2.46. The Hall–Kier alpha value is -2.42. The molecule has 0 spiro atoms. The molecule has 0 saturated heterocycles. The van der Waals surface area contributed by atoms with E-state index in [1.54, 1.807) is 7.11 Å². The molecular formula is C22H34N6O2S. The van der Waals surface area contributed by atoms with Gasteiger partial charge in [0.25, 0.3) is 0 Å². The third-order valence-corrected chi connectivity index (χ3v) is 7.54. The molecule has 2 N–H and O–H groups in total. The Kier molecular flexibility index (Phi) is 8.45. The SMILES string of the molecule is CCS(=O)C1CCCC(NC(=NCc2ccc(OC)cc2)NCc2nnc(C)n2C)C1. The molecule has 1 aromatic heterocycles. The first-order valence-corrected chi connectivity index (χ1v) is 12.3. The van der Waals surface area contributed by atoms with Crippen molar-refractivity contribution in [1.82, 2.24) is 25.4 Å². The van der Waals surface area contributed by atoms with Gasteiger partial charge in [-0.15, -0.1) is 10.2 Å². The smallest absolute Gasteiger partial charge is 0.192 e. The molecule has 1 fully saturated rings. The third kappa shape index (κ3) is 6.53. The van der Waals surface area contributed by atoms with Crippen LogP contribution < -0.4 is 15.4 Å². The zero-order valence-electron chi connectivity index (χ0n) is 18.9. The summed E-state index contributed by atoms with van der Waals surface area (Å²) in [6.45, 7) is 5.01. The van der Waals surface area contributed by atoms with E-state index in [0.29, 0.717) is 13.1 Å². The number of aliphatic imine (C=N–C) groups is 1.